The third-order valence-corrected chi connectivity index (χ3v) is 6.95. The predicted octanol–water partition coefficient (Wildman–Crippen LogP) is 7.36. The highest BCUT2D eigenvalue weighted by molar-refractivity contribution is 5.96. The van der Waals surface area contributed by atoms with Crippen molar-refractivity contribution in [3.8, 4) is 23.0 Å². The Kier molecular flexibility index (Phi) is 12.0. The summed E-state index contributed by atoms with van der Waals surface area (Å²) in [4.78, 5) is 27.0. The third-order valence-electron chi connectivity index (χ3n) is 6.95. The quantitative estimate of drug-likeness (QED) is 0.154. The van der Waals surface area contributed by atoms with Crippen molar-refractivity contribution in [3.63, 3.8) is 0 Å². The zero-order valence-electron chi connectivity index (χ0n) is 27.6. The number of hydrogen-bond acceptors (Lipinski definition) is 8. The number of nitrogens with one attached hydrogen (secondary N) is 1. The van der Waals surface area contributed by atoms with Gasteiger partial charge in [-0.05, 0) is 126 Å². The topological polar surface area (TPSA) is 103 Å². The smallest absolute Gasteiger partial charge is 0.344 e. The van der Waals surface area contributed by atoms with Gasteiger partial charge in [-0.2, -0.15) is 0 Å². The van der Waals surface area contributed by atoms with Crippen LogP contribution in [-0.2, 0) is 0 Å². The van der Waals surface area contributed by atoms with Crippen molar-refractivity contribution < 1.29 is 33.6 Å². The van der Waals surface area contributed by atoms with Crippen LogP contribution in [0.25, 0.3) is 0 Å². The monoisotopic (exact) mass is 605 g/mol. The maximum atomic E-state index is 13.6. The molecule has 0 bridgehead atoms. The molecule has 0 aromatic heterocycles. The zero-order chi connectivity index (χ0) is 32.6. The number of carbonyl (C=O) groups is 2. The number of benzene rings is 3. The molecule has 3 aromatic carbocycles. The second-order valence-corrected chi connectivity index (χ2v) is 12.2. The number of aliphatic hydroxyl groups excluding tert-OH is 1. The first kappa shape index (κ1) is 34.6. The molecule has 0 aliphatic rings. The maximum Gasteiger partial charge on any atom is 0.344 e. The Hall–Kier alpha value is -3.88. The standard InChI is InChI=1S/C36H47NO7/c1-10-14-41-27-16-22(3)32(23(4)17-27)34(39)43-30-13-12-26(29(38)21-37-36(7,8)9)20-31(30)44-35(40)33-24(5)18-28(19-25(33)6)42-15-11-2/h12-13,16-20,29,37-38H,10-11,14-15,21H2,1-9H3. The number of aliphatic hydroxyl groups is 1. The van der Waals surface area contributed by atoms with E-state index in [2.05, 4.69) is 5.32 Å². The zero-order valence-corrected chi connectivity index (χ0v) is 27.6. The Morgan fingerprint density at radius 3 is 1.57 bits per heavy atom. The van der Waals surface area contributed by atoms with Gasteiger partial charge in [0, 0.05) is 12.1 Å². The molecule has 0 heterocycles. The van der Waals surface area contributed by atoms with E-state index in [1.54, 1.807) is 42.5 Å². The molecule has 0 radical (unpaired) electrons. The van der Waals surface area contributed by atoms with E-state index in [1.165, 1.54) is 0 Å². The molecular formula is C36H47NO7. The molecule has 0 aliphatic carbocycles. The fraction of sp³-hybridized carbons (Fsp3) is 0.444. The molecule has 0 saturated carbocycles. The van der Waals surface area contributed by atoms with Crippen molar-refractivity contribution in [3.05, 3.63) is 81.4 Å². The van der Waals surface area contributed by atoms with Crippen LogP contribution in [0.5, 0.6) is 23.0 Å². The average molecular weight is 606 g/mol. The van der Waals surface area contributed by atoms with Gasteiger partial charge in [-0.25, -0.2) is 9.59 Å². The van der Waals surface area contributed by atoms with Crippen LogP contribution in [0.4, 0.5) is 0 Å². The summed E-state index contributed by atoms with van der Waals surface area (Å²) in [6, 6.07) is 12.0. The SMILES string of the molecule is CCCOc1cc(C)c(C(=O)Oc2ccc(C(O)CNC(C)(C)C)cc2OC(=O)c2c(C)cc(OCCC)cc2C)c(C)c1. The highest BCUT2D eigenvalue weighted by atomic mass is 16.6. The summed E-state index contributed by atoms with van der Waals surface area (Å²) in [5.41, 5.74) is 3.89. The number of carbonyl (C=O) groups excluding carboxylic acids is 2. The Labute approximate surface area is 261 Å². The van der Waals surface area contributed by atoms with Gasteiger partial charge in [-0.15, -0.1) is 0 Å². The summed E-state index contributed by atoms with van der Waals surface area (Å²) in [5.74, 6) is 0.259. The van der Waals surface area contributed by atoms with Crippen molar-refractivity contribution in [2.24, 2.45) is 0 Å². The van der Waals surface area contributed by atoms with Crippen molar-refractivity contribution in [2.45, 2.75) is 86.8 Å². The van der Waals surface area contributed by atoms with Crippen LogP contribution in [0.15, 0.2) is 42.5 Å². The largest absolute Gasteiger partial charge is 0.494 e. The van der Waals surface area contributed by atoms with E-state index in [1.807, 2.05) is 62.3 Å². The number of esters is 2. The van der Waals surface area contributed by atoms with Crippen LogP contribution in [-0.4, -0.2) is 42.3 Å². The van der Waals surface area contributed by atoms with E-state index in [-0.39, 0.29) is 23.6 Å². The van der Waals surface area contributed by atoms with Crippen molar-refractivity contribution >= 4 is 11.9 Å². The van der Waals surface area contributed by atoms with Crippen molar-refractivity contribution in [1.82, 2.24) is 5.32 Å². The second-order valence-electron chi connectivity index (χ2n) is 12.2. The number of rotatable bonds is 13. The number of β-amino-alcohol motifs (C(OH)–C–C–N with tert-alkyl or cyclic N) is 1. The lowest BCUT2D eigenvalue weighted by atomic mass is 10.0. The number of ether oxygens (including phenoxy) is 4. The van der Waals surface area contributed by atoms with Crippen molar-refractivity contribution in [1.29, 1.82) is 0 Å². The molecule has 8 heteroatoms. The van der Waals surface area contributed by atoms with E-state index in [0.717, 1.165) is 12.8 Å². The Bertz CT molecular complexity index is 1430. The van der Waals surface area contributed by atoms with Gasteiger partial charge in [0.15, 0.2) is 11.5 Å². The summed E-state index contributed by atoms with van der Waals surface area (Å²) >= 11 is 0. The lowest BCUT2D eigenvalue weighted by molar-refractivity contribution is 0.0679. The van der Waals surface area contributed by atoms with Gasteiger partial charge in [0.05, 0.1) is 30.4 Å². The lowest BCUT2D eigenvalue weighted by Crippen LogP contribution is -2.38. The number of hydrogen-bond donors (Lipinski definition) is 2. The van der Waals surface area contributed by atoms with Crippen LogP contribution in [0.2, 0.25) is 0 Å². The summed E-state index contributed by atoms with van der Waals surface area (Å²) in [6.45, 7) is 18.8. The van der Waals surface area contributed by atoms with Crippen molar-refractivity contribution in [2.75, 3.05) is 19.8 Å². The second kappa shape index (κ2) is 15.2. The predicted molar refractivity (Wildman–Crippen MR) is 172 cm³/mol. The van der Waals surface area contributed by atoms with E-state index < -0.39 is 18.0 Å². The molecule has 44 heavy (non-hydrogen) atoms. The van der Waals surface area contributed by atoms with Crippen LogP contribution in [0, 0.1) is 27.7 Å². The van der Waals surface area contributed by atoms with Gasteiger partial charge >= 0.3 is 11.9 Å². The summed E-state index contributed by atoms with van der Waals surface area (Å²) in [5, 5.41) is 14.2. The first-order valence-corrected chi connectivity index (χ1v) is 15.2. The Morgan fingerprint density at radius 2 is 1.16 bits per heavy atom. The Balaban J connectivity index is 1.97. The molecule has 0 aliphatic heterocycles. The fourth-order valence-electron chi connectivity index (χ4n) is 4.82. The van der Waals surface area contributed by atoms with E-state index in [0.29, 0.717) is 63.7 Å². The van der Waals surface area contributed by atoms with Gasteiger partial charge in [0.25, 0.3) is 0 Å². The van der Waals surface area contributed by atoms with Crippen LogP contribution < -0.4 is 24.3 Å². The van der Waals surface area contributed by atoms with Crippen LogP contribution >= 0.6 is 0 Å². The minimum Gasteiger partial charge on any atom is -0.494 e. The summed E-state index contributed by atoms with van der Waals surface area (Å²) in [7, 11) is 0. The minimum absolute atomic E-state index is 0.0268. The Morgan fingerprint density at radius 1 is 0.727 bits per heavy atom. The fourth-order valence-corrected chi connectivity index (χ4v) is 4.82. The maximum absolute atomic E-state index is 13.6. The minimum atomic E-state index is -0.893. The molecule has 3 rings (SSSR count). The van der Waals surface area contributed by atoms with Gasteiger partial charge in [0.1, 0.15) is 11.5 Å². The first-order valence-electron chi connectivity index (χ1n) is 15.2. The molecule has 0 spiro atoms. The molecule has 0 amide bonds. The summed E-state index contributed by atoms with van der Waals surface area (Å²) < 4.78 is 23.3. The highest BCUT2D eigenvalue weighted by Gasteiger charge is 2.24. The molecule has 0 saturated heterocycles. The van der Waals surface area contributed by atoms with Crippen LogP contribution in [0.3, 0.4) is 0 Å². The average Bonchev–Trinajstić information content (AvgIpc) is 2.93. The molecule has 8 nitrogen and oxygen atoms in total. The first-order chi connectivity index (χ1) is 20.7. The molecular weight excluding hydrogens is 558 g/mol. The molecule has 1 atom stereocenters. The van der Waals surface area contributed by atoms with Crippen LogP contribution in [0.1, 0.15) is 102 Å². The van der Waals surface area contributed by atoms with E-state index >= 15 is 0 Å². The highest BCUT2D eigenvalue weighted by Crippen LogP contribution is 2.34. The van der Waals surface area contributed by atoms with Gasteiger partial charge in [-0.3, -0.25) is 0 Å². The van der Waals surface area contributed by atoms with Gasteiger partial charge in [-0.1, -0.05) is 19.9 Å². The molecule has 1 unspecified atom stereocenters. The molecule has 0 fully saturated rings. The lowest BCUT2D eigenvalue weighted by Gasteiger charge is -2.23. The normalized spacial score (nSPS) is 12.0. The molecule has 2 N–H and O–H groups in total. The van der Waals surface area contributed by atoms with E-state index in [4.69, 9.17) is 18.9 Å². The summed E-state index contributed by atoms with van der Waals surface area (Å²) in [6.07, 6.45) is 0.845. The number of aryl methyl sites for hydroxylation is 4. The third kappa shape index (κ3) is 9.31. The van der Waals surface area contributed by atoms with E-state index in [9.17, 15) is 14.7 Å². The molecule has 3 aromatic rings. The van der Waals surface area contributed by atoms with Gasteiger partial charge in [0.2, 0.25) is 0 Å². The van der Waals surface area contributed by atoms with Gasteiger partial charge < -0.3 is 29.4 Å². The molecule has 238 valence electrons.